The van der Waals surface area contributed by atoms with E-state index in [0.717, 1.165) is 29.1 Å². The minimum absolute atomic E-state index is 0.0138. The Labute approximate surface area is 198 Å². The lowest BCUT2D eigenvalue weighted by Gasteiger charge is -2.19. The van der Waals surface area contributed by atoms with E-state index in [4.69, 9.17) is 39.5 Å². The highest BCUT2D eigenvalue weighted by Crippen LogP contribution is 2.38. The molecule has 7 nitrogen and oxygen atoms in total. The molecule has 31 heavy (non-hydrogen) atoms. The van der Waals surface area contributed by atoms with Crippen LogP contribution in [0.4, 0.5) is 0 Å². The number of ether oxygens (including phenoxy) is 1. The minimum Gasteiger partial charge on any atom is -0.497 e. The summed E-state index contributed by atoms with van der Waals surface area (Å²) >= 11 is 20.1. The van der Waals surface area contributed by atoms with Crippen molar-refractivity contribution in [2.75, 3.05) is 7.11 Å². The van der Waals surface area contributed by atoms with Crippen molar-refractivity contribution in [3.8, 4) is 11.8 Å². The van der Waals surface area contributed by atoms with Gasteiger partial charge in [-0.15, -0.1) is 21.9 Å². The lowest BCUT2D eigenvalue weighted by atomic mass is 10.1. The highest BCUT2D eigenvalue weighted by Gasteiger charge is 2.18. The first kappa shape index (κ1) is 23.5. The van der Waals surface area contributed by atoms with Crippen molar-refractivity contribution >= 4 is 46.6 Å². The van der Waals surface area contributed by atoms with Crippen LogP contribution in [0.2, 0.25) is 15.1 Å². The van der Waals surface area contributed by atoms with E-state index in [1.165, 1.54) is 18.0 Å². The lowest BCUT2D eigenvalue weighted by Crippen LogP contribution is -2.17. The van der Waals surface area contributed by atoms with Crippen LogP contribution in [0.3, 0.4) is 0 Å². The summed E-state index contributed by atoms with van der Waals surface area (Å²) in [5, 5.41) is 11.1. The molecule has 1 aromatic heterocycles. The molecule has 11 heteroatoms. The highest BCUT2D eigenvalue weighted by molar-refractivity contribution is 8.00. The molecule has 0 aliphatic heterocycles. The number of imidazole rings is 1. The molecule has 1 unspecified atom stereocenters. The molecule has 0 aliphatic rings. The number of hydrogen-bond acceptors (Lipinski definition) is 6. The summed E-state index contributed by atoms with van der Waals surface area (Å²) in [7, 11) is 1.62. The molecule has 0 saturated heterocycles. The van der Waals surface area contributed by atoms with Gasteiger partial charge in [-0.05, 0) is 42.7 Å². The molecular formula is C20H18Cl3N3O4S. The largest absolute Gasteiger partial charge is 0.497 e. The Morgan fingerprint density at radius 1 is 1.16 bits per heavy atom. The highest BCUT2D eigenvalue weighted by atomic mass is 35.5. The topological polar surface area (TPSA) is 79.4 Å². The number of aryl methyl sites for hydroxylation is 1. The van der Waals surface area contributed by atoms with Gasteiger partial charge in [0.1, 0.15) is 5.75 Å². The fraction of sp³-hybridized carbons (Fsp3) is 0.250. The molecule has 1 heterocycles. The van der Waals surface area contributed by atoms with E-state index in [2.05, 4.69) is 9.82 Å². The van der Waals surface area contributed by atoms with Crippen molar-refractivity contribution in [2.45, 2.75) is 29.5 Å². The third-order valence-corrected chi connectivity index (χ3v) is 6.87. The van der Waals surface area contributed by atoms with Crippen molar-refractivity contribution in [2.24, 2.45) is 0 Å². The number of aromatic nitrogens is 2. The smallest absolute Gasteiger partial charge is 0.302 e. The first-order valence-electron chi connectivity index (χ1n) is 9.13. The molecule has 0 N–H and O–H groups in total. The molecule has 0 saturated carbocycles. The number of nitrogens with zero attached hydrogens (tertiary/aromatic N) is 3. The number of halogens is 3. The Balaban J connectivity index is 1.80. The van der Waals surface area contributed by atoms with E-state index in [-0.39, 0.29) is 11.3 Å². The first-order valence-corrected chi connectivity index (χ1v) is 11.1. The van der Waals surface area contributed by atoms with Crippen LogP contribution in [0.1, 0.15) is 12.0 Å². The van der Waals surface area contributed by atoms with Gasteiger partial charge in [-0.2, -0.15) is 0 Å². The van der Waals surface area contributed by atoms with E-state index in [1.54, 1.807) is 30.0 Å². The maximum atomic E-state index is 10.7. The number of thioether (sulfide) groups is 1. The second-order valence-electron chi connectivity index (χ2n) is 6.50. The van der Waals surface area contributed by atoms with Gasteiger partial charge in [-0.25, -0.2) is 9.82 Å². The van der Waals surface area contributed by atoms with Gasteiger partial charge in [-0.1, -0.05) is 46.9 Å². The third-order valence-electron chi connectivity index (χ3n) is 4.42. The van der Waals surface area contributed by atoms with Crippen molar-refractivity contribution in [3.63, 3.8) is 0 Å². The molecule has 3 rings (SSSR count). The molecule has 0 fully saturated rings. The van der Waals surface area contributed by atoms with Crippen LogP contribution in [0.5, 0.6) is 11.8 Å². The van der Waals surface area contributed by atoms with Crippen LogP contribution < -0.4 is 9.57 Å². The van der Waals surface area contributed by atoms with Crippen molar-refractivity contribution < 1.29 is 14.7 Å². The van der Waals surface area contributed by atoms with E-state index >= 15 is 0 Å². The normalized spacial score (nSPS) is 11.9. The number of hydrogen-bond donors (Lipinski definition) is 0. The van der Waals surface area contributed by atoms with Gasteiger partial charge in [0.2, 0.25) is 0 Å². The Kier molecular flexibility index (Phi) is 8.31. The van der Waals surface area contributed by atoms with Crippen LogP contribution >= 0.6 is 46.6 Å². The van der Waals surface area contributed by atoms with Gasteiger partial charge in [0.25, 0.3) is 6.01 Å². The molecule has 0 radical (unpaired) electrons. The van der Waals surface area contributed by atoms with Crippen LogP contribution in [0, 0.1) is 10.1 Å². The Hall–Kier alpha value is -2.13. The monoisotopic (exact) mass is 501 g/mol. The van der Waals surface area contributed by atoms with Gasteiger partial charge in [-0.3, -0.25) is 0 Å². The summed E-state index contributed by atoms with van der Waals surface area (Å²) in [5.74, 6) is 0.789. The Bertz CT molecular complexity index is 1050. The fourth-order valence-electron chi connectivity index (χ4n) is 2.90. The summed E-state index contributed by atoms with van der Waals surface area (Å²) in [6, 6.07) is 11.1. The van der Waals surface area contributed by atoms with Crippen molar-refractivity contribution in [1.29, 1.82) is 0 Å². The minimum atomic E-state index is -0.881. The van der Waals surface area contributed by atoms with Gasteiger partial charge in [0, 0.05) is 29.1 Å². The van der Waals surface area contributed by atoms with Gasteiger partial charge >= 0.3 is 5.09 Å². The molecule has 164 valence electrons. The van der Waals surface area contributed by atoms with Gasteiger partial charge in [0.05, 0.1) is 22.2 Å². The molecule has 0 amide bonds. The molecule has 1 atom stereocenters. The number of rotatable bonds is 10. The molecular weight excluding hydrogens is 485 g/mol. The summed E-state index contributed by atoms with van der Waals surface area (Å²) in [6.45, 7) is 0.417. The predicted octanol–water partition coefficient (Wildman–Crippen LogP) is 6.22. The zero-order valence-corrected chi connectivity index (χ0v) is 19.4. The molecule has 0 bridgehead atoms. The first-order chi connectivity index (χ1) is 14.9. The van der Waals surface area contributed by atoms with Crippen LogP contribution in [-0.4, -0.2) is 27.0 Å². The number of benzene rings is 2. The average molecular weight is 503 g/mol. The lowest BCUT2D eigenvalue weighted by molar-refractivity contribution is -0.713. The van der Waals surface area contributed by atoms with E-state index in [1.807, 2.05) is 24.3 Å². The van der Waals surface area contributed by atoms with Crippen molar-refractivity contribution in [1.82, 2.24) is 9.55 Å². The third kappa shape index (κ3) is 6.67. The maximum Gasteiger partial charge on any atom is 0.302 e. The van der Waals surface area contributed by atoms with Crippen LogP contribution in [0.15, 0.2) is 53.7 Å². The average Bonchev–Trinajstić information content (AvgIpc) is 3.16. The quantitative estimate of drug-likeness (QED) is 0.142. The maximum absolute atomic E-state index is 10.7. The van der Waals surface area contributed by atoms with Gasteiger partial charge in [0.15, 0.2) is 0 Å². The Morgan fingerprint density at radius 2 is 1.87 bits per heavy atom. The zero-order chi connectivity index (χ0) is 22.4. The van der Waals surface area contributed by atoms with Gasteiger partial charge < -0.3 is 9.30 Å². The fourth-order valence-corrected chi connectivity index (χ4v) is 4.83. The van der Waals surface area contributed by atoms with E-state index in [0.29, 0.717) is 21.6 Å². The van der Waals surface area contributed by atoms with E-state index < -0.39 is 5.09 Å². The standard InChI is InChI=1S/C20H18Cl3N3O4S/c1-29-14-5-2-13(3-6-14)4-7-15(12-25-9-8-24-20(25)30-26(27)28)31-19-11-17(22)16(21)10-18(19)23/h2-3,5-6,8-11,15H,4,7,12H2,1H3. The van der Waals surface area contributed by atoms with Crippen LogP contribution in [0.25, 0.3) is 0 Å². The van der Waals surface area contributed by atoms with E-state index in [9.17, 15) is 10.1 Å². The Morgan fingerprint density at radius 3 is 2.55 bits per heavy atom. The second-order valence-corrected chi connectivity index (χ2v) is 9.06. The summed E-state index contributed by atoms with van der Waals surface area (Å²) in [4.78, 5) is 20.0. The molecule has 2 aromatic carbocycles. The second kappa shape index (κ2) is 10.9. The molecule has 0 spiro atoms. The number of methoxy groups -OCH3 is 1. The summed E-state index contributed by atoms with van der Waals surface area (Å²) in [6.07, 6.45) is 4.62. The SMILES string of the molecule is COc1ccc(CCC(Cn2ccnc2O[N+](=O)[O-])Sc2cc(Cl)c(Cl)cc2Cl)cc1. The van der Waals surface area contributed by atoms with Crippen molar-refractivity contribution in [3.05, 3.63) is 79.5 Å². The van der Waals surface area contributed by atoms with Crippen LogP contribution in [-0.2, 0) is 13.0 Å². The molecule has 3 aromatic rings. The predicted molar refractivity (Wildman–Crippen MR) is 122 cm³/mol. The molecule has 0 aliphatic carbocycles. The summed E-state index contributed by atoms with van der Waals surface area (Å²) < 4.78 is 6.80. The zero-order valence-electron chi connectivity index (χ0n) is 16.3. The summed E-state index contributed by atoms with van der Waals surface area (Å²) in [5.41, 5.74) is 1.14.